The Kier molecular flexibility index (Phi) is 6.85. The van der Waals surface area contributed by atoms with E-state index in [1.54, 1.807) is 25.8 Å². The number of carbonyl (C=O) groups is 1. The number of hydrogen-bond donors (Lipinski definition) is 1. The van der Waals surface area contributed by atoms with Crippen LogP contribution in [0, 0.1) is 13.8 Å². The van der Waals surface area contributed by atoms with E-state index in [4.69, 9.17) is 26.1 Å². The Bertz CT molecular complexity index is 1330. The quantitative estimate of drug-likeness (QED) is 0.371. The van der Waals surface area contributed by atoms with E-state index in [9.17, 15) is 4.79 Å². The van der Waals surface area contributed by atoms with Gasteiger partial charge in [0.2, 0.25) is 0 Å². The molecule has 10 heteroatoms. The molecule has 1 unspecified atom stereocenters. The van der Waals surface area contributed by atoms with Crippen molar-refractivity contribution in [3.05, 3.63) is 69.5 Å². The summed E-state index contributed by atoms with van der Waals surface area (Å²) in [4.78, 5) is 17.8. The topological polar surface area (TPSA) is 96.1 Å². The molecule has 0 spiro atoms. The summed E-state index contributed by atoms with van der Waals surface area (Å²) in [6.45, 7) is 6.17. The number of aryl methyl sites for hydroxylation is 3. The predicted octanol–water partition coefficient (Wildman–Crippen LogP) is 4.42. The monoisotopic (exact) mass is 482 g/mol. The van der Waals surface area contributed by atoms with Gasteiger partial charge in [-0.05, 0) is 55.7 Å². The van der Waals surface area contributed by atoms with Gasteiger partial charge in [0, 0.05) is 25.4 Å². The van der Waals surface area contributed by atoms with E-state index in [-0.39, 0.29) is 19.3 Å². The van der Waals surface area contributed by atoms with Gasteiger partial charge in [0.05, 0.1) is 23.9 Å². The normalized spacial score (nSPS) is 12.2. The summed E-state index contributed by atoms with van der Waals surface area (Å²) in [6.07, 6.45) is 1.89. The fourth-order valence-corrected chi connectivity index (χ4v) is 4.20. The molecule has 4 rings (SSSR count). The maximum Gasteiger partial charge on any atom is 0.340 e. The van der Waals surface area contributed by atoms with E-state index in [1.165, 1.54) is 0 Å². The van der Waals surface area contributed by atoms with Gasteiger partial charge in [-0.2, -0.15) is 0 Å². The fourth-order valence-electron chi connectivity index (χ4n) is 4.08. The van der Waals surface area contributed by atoms with Crippen LogP contribution in [0.3, 0.4) is 0 Å². The second-order valence-electron chi connectivity index (χ2n) is 8.02. The summed E-state index contributed by atoms with van der Waals surface area (Å²) in [5, 5.41) is 12.4. The second-order valence-corrected chi connectivity index (χ2v) is 8.46. The van der Waals surface area contributed by atoms with Gasteiger partial charge >= 0.3 is 5.97 Å². The smallest absolute Gasteiger partial charge is 0.340 e. The highest BCUT2D eigenvalue weighted by Gasteiger charge is 2.29. The first-order valence-corrected chi connectivity index (χ1v) is 11.3. The van der Waals surface area contributed by atoms with Gasteiger partial charge in [-0.15, -0.1) is 5.10 Å². The van der Waals surface area contributed by atoms with Gasteiger partial charge in [0.1, 0.15) is 18.1 Å². The molecular formula is C24H27ClN6O3. The Morgan fingerprint density at radius 2 is 1.94 bits per heavy atom. The summed E-state index contributed by atoms with van der Waals surface area (Å²) in [5.74, 6) is 0.231. The number of esters is 1. The number of carbonyl (C=O) groups excluding carboxylic acids is 1. The molecule has 3 heterocycles. The van der Waals surface area contributed by atoms with Crippen molar-refractivity contribution in [1.82, 2.24) is 24.5 Å². The molecule has 0 aliphatic rings. The molecule has 3 aromatic heterocycles. The summed E-state index contributed by atoms with van der Waals surface area (Å²) in [5.41, 5.74) is 5.22. The maximum atomic E-state index is 13.0. The molecule has 1 N–H and O–H groups in total. The maximum absolute atomic E-state index is 13.0. The first kappa shape index (κ1) is 23.7. The van der Waals surface area contributed by atoms with Gasteiger partial charge in [0.15, 0.2) is 5.65 Å². The number of nitrogens with zero attached hydrogens (tertiary/aromatic N) is 5. The van der Waals surface area contributed by atoms with Gasteiger partial charge in [0.25, 0.3) is 0 Å². The van der Waals surface area contributed by atoms with E-state index in [0.29, 0.717) is 27.7 Å². The van der Waals surface area contributed by atoms with E-state index in [2.05, 4.69) is 15.6 Å². The summed E-state index contributed by atoms with van der Waals surface area (Å²) in [6, 6.07) is 8.95. The third-order valence-electron chi connectivity index (χ3n) is 5.58. The molecule has 0 aliphatic heterocycles. The van der Waals surface area contributed by atoms with Crippen molar-refractivity contribution >= 4 is 34.6 Å². The van der Waals surface area contributed by atoms with E-state index >= 15 is 0 Å². The lowest BCUT2D eigenvalue weighted by Gasteiger charge is -2.24. The van der Waals surface area contributed by atoms with Crippen molar-refractivity contribution in [2.75, 3.05) is 19.0 Å². The van der Waals surface area contributed by atoms with E-state index in [1.807, 2.05) is 54.9 Å². The summed E-state index contributed by atoms with van der Waals surface area (Å²) in [7, 11) is 3.41. The number of rotatable bonds is 8. The van der Waals surface area contributed by atoms with Crippen LogP contribution in [-0.2, 0) is 23.3 Å². The van der Waals surface area contributed by atoms with Crippen LogP contribution in [0.1, 0.15) is 45.7 Å². The molecule has 0 aliphatic carbocycles. The zero-order valence-corrected chi connectivity index (χ0v) is 20.6. The number of pyridine rings is 1. The van der Waals surface area contributed by atoms with Crippen molar-refractivity contribution < 1.29 is 14.3 Å². The highest BCUT2D eigenvalue weighted by atomic mass is 35.5. The molecule has 0 radical (unpaired) electrons. The molecule has 34 heavy (non-hydrogen) atoms. The third-order valence-corrected chi connectivity index (χ3v) is 5.83. The molecular weight excluding hydrogens is 456 g/mol. The van der Waals surface area contributed by atoms with Crippen LogP contribution in [0.15, 0.2) is 36.5 Å². The van der Waals surface area contributed by atoms with E-state index in [0.717, 1.165) is 22.2 Å². The average Bonchev–Trinajstić information content (AvgIpc) is 3.33. The van der Waals surface area contributed by atoms with Crippen molar-refractivity contribution in [1.29, 1.82) is 0 Å². The lowest BCUT2D eigenvalue weighted by atomic mass is 9.99. The Balaban J connectivity index is 1.91. The zero-order valence-electron chi connectivity index (χ0n) is 19.8. The number of anilines is 1. The van der Waals surface area contributed by atoms with Crippen molar-refractivity contribution in [2.24, 2.45) is 7.05 Å². The Morgan fingerprint density at radius 3 is 2.62 bits per heavy atom. The SMILES string of the molecule is CCOC(=O)c1c(C)cn(COC)c1C(Nc1cc(C)c2nnn(C)c2n1)c1ccc(Cl)cc1. The standard InChI is InChI=1S/C24H27ClN6O3/c1-6-34-24(32)19-15(3)12-31(13-33-5)22(19)21(16-7-9-17(25)10-8-16)26-18-11-14(2)20-23(27-18)30(4)29-28-20/h7-12,21H,6,13H2,1-5H3,(H,26,27). The predicted molar refractivity (Wildman–Crippen MR) is 130 cm³/mol. The number of halogens is 1. The lowest BCUT2D eigenvalue weighted by Crippen LogP contribution is -2.21. The molecule has 0 saturated carbocycles. The number of methoxy groups -OCH3 is 1. The van der Waals surface area contributed by atoms with Crippen LogP contribution in [0.5, 0.6) is 0 Å². The molecule has 0 bridgehead atoms. The molecule has 0 fully saturated rings. The van der Waals surface area contributed by atoms with Crippen LogP contribution < -0.4 is 5.32 Å². The Hall–Kier alpha value is -3.43. The highest BCUT2D eigenvalue weighted by Crippen LogP contribution is 2.33. The number of benzene rings is 1. The van der Waals surface area contributed by atoms with Gasteiger partial charge < -0.3 is 19.4 Å². The Labute approximate surface area is 202 Å². The second kappa shape index (κ2) is 9.82. The van der Waals surface area contributed by atoms with Crippen LogP contribution in [0.4, 0.5) is 5.82 Å². The molecule has 9 nitrogen and oxygen atoms in total. The summed E-state index contributed by atoms with van der Waals surface area (Å²) >= 11 is 6.17. The molecule has 1 aromatic carbocycles. The molecule has 1 atom stereocenters. The highest BCUT2D eigenvalue weighted by molar-refractivity contribution is 6.30. The molecule has 0 amide bonds. The van der Waals surface area contributed by atoms with Crippen LogP contribution >= 0.6 is 11.6 Å². The number of nitrogens with one attached hydrogen (secondary N) is 1. The van der Waals surface area contributed by atoms with Gasteiger partial charge in [-0.25, -0.2) is 14.5 Å². The minimum absolute atomic E-state index is 0.262. The van der Waals surface area contributed by atoms with Crippen molar-refractivity contribution in [3.8, 4) is 0 Å². The van der Waals surface area contributed by atoms with E-state index < -0.39 is 6.04 Å². The fraction of sp³-hybridized carbons (Fsp3) is 0.333. The Morgan fingerprint density at radius 1 is 1.21 bits per heavy atom. The lowest BCUT2D eigenvalue weighted by molar-refractivity contribution is 0.0523. The first-order chi connectivity index (χ1) is 16.3. The number of fused-ring (bicyclic) bond motifs is 1. The minimum Gasteiger partial charge on any atom is -0.462 e. The van der Waals surface area contributed by atoms with Crippen LogP contribution in [0.2, 0.25) is 5.02 Å². The number of ether oxygens (including phenoxy) is 2. The van der Waals surface area contributed by atoms with Gasteiger partial charge in [-0.1, -0.05) is 28.9 Å². The zero-order chi connectivity index (χ0) is 24.4. The van der Waals surface area contributed by atoms with Crippen molar-refractivity contribution in [3.63, 3.8) is 0 Å². The number of aromatic nitrogens is 5. The van der Waals surface area contributed by atoms with Crippen LogP contribution in [-0.4, -0.2) is 44.2 Å². The summed E-state index contributed by atoms with van der Waals surface area (Å²) < 4.78 is 14.4. The van der Waals surface area contributed by atoms with Crippen LogP contribution in [0.25, 0.3) is 11.2 Å². The third kappa shape index (κ3) is 4.49. The molecule has 0 saturated heterocycles. The molecule has 4 aromatic rings. The van der Waals surface area contributed by atoms with Gasteiger partial charge in [-0.3, -0.25) is 0 Å². The first-order valence-electron chi connectivity index (χ1n) is 10.9. The minimum atomic E-state index is -0.453. The average molecular weight is 483 g/mol. The van der Waals surface area contributed by atoms with Crippen molar-refractivity contribution in [2.45, 2.75) is 33.5 Å². The number of hydrogen-bond acceptors (Lipinski definition) is 7. The largest absolute Gasteiger partial charge is 0.462 e. The molecule has 178 valence electrons.